The highest BCUT2D eigenvalue weighted by atomic mass is 19.1. The number of aromatic nitrogens is 4. The molecule has 4 heterocycles. The van der Waals surface area contributed by atoms with Gasteiger partial charge in [-0.1, -0.05) is 0 Å². The van der Waals surface area contributed by atoms with Gasteiger partial charge in [-0.05, 0) is 50.1 Å². The Labute approximate surface area is 192 Å². The highest BCUT2D eigenvalue weighted by Gasteiger charge is 2.26. The minimum Gasteiger partial charge on any atom is -0.353 e. The fourth-order valence-corrected chi connectivity index (χ4v) is 4.49. The molecule has 2 aromatic heterocycles. The maximum Gasteiger partial charge on any atom is 0.272 e. The predicted molar refractivity (Wildman–Crippen MR) is 125 cm³/mol. The molecule has 0 radical (unpaired) electrons. The quantitative estimate of drug-likeness (QED) is 0.610. The summed E-state index contributed by atoms with van der Waals surface area (Å²) < 4.78 is 14.8. The molecule has 8 nitrogen and oxygen atoms in total. The zero-order valence-corrected chi connectivity index (χ0v) is 19.0. The van der Waals surface area contributed by atoms with Gasteiger partial charge in [0.2, 0.25) is 5.95 Å². The van der Waals surface area contributed by atoms with E-state index in [1.165, 1.54) is 25.0 Å². The van der Waals surface area contributed by atoms with Crippen molar-refractivity contribution in [3.05, 3.63) is 53.6 Å². The minimum atomic E-state index is -0.296. The molecular weight excluding hydrogens is 421 g/mol. The molecule has 1 aromatic carbocycles. The topological polar surface area (TPSA) is 70.4 Å². The number of piperazine rings is 1. The van der Waals surface area contributed by atoms with Gasteiger partial charge in [0, 0.05) is 63.6 Å². The van der Waals surface area contributed by atoms with Gasteiger partial charge in [0.1, 0.15) is 17.3 Å². The molecule has 2 aliphatic rings. The molecular formula is C24H28FN7O. The van der Waals surface area contributed by atoms with Gasteiger partial charge in [-0.2, -0.15) is 10.1 Å². The number of hydrogen-bond acceptors (Lipinski definition) is 6. The van der Waals surface area contributed by atoms with E-state index in [1.54, 1.807) is 29.9 Å². The molecule has 33 heavy (non-hydrogen) atoms. The monoisotopic (exact) mass is 449 g/mol. The third kappa shape index (κ3) is 4.40. The van der Waals surface area contributed by atoms with Crippen molar-refractivity contribution >= 4 is 17.7 Å². The molecule has 0 aliphatic carbocycles. The number of anilines is 2. The summed E-state index contributed by atoms with van der Waals surface area (Å²) in [6, 6.07) is 9.93. The number of carbonyl (C=O) groups excluding carboxylic acids is 1. The summed E-state index contributed by atoms with van der Waals surface area (Å²) >= 11 is 0. The lowest BCUT2D eigenvalue weighted by molar-refractivity contribution is 0.0735. The Morgan fingerprint density at radius 2 is 1.61 bits per heavy atom. The summed E-state index contributed by atoms with van der Waals surface area (Å²) in [4.78, 5) is 29.0. The first-order valence-corrected chi connectivity index (χ1v) is 11.4. The van der Waals surface area contributed by atoms with E-state index >= 15 is 0 Å². The number of nitrogens with zero attached hydrogens (tertiary/aromatic N) is 7. The van der Waals surface area contributed by atoms with Crippen LogP contribution >= 0.6 is 0 Å². The zero-order valence-electron chi connectivity index (χ0n) is 19.0. The average Bonchev–Trinajstić information content (AvgIpc) is 3.49. The van der Waals surface area contributed by atoms with E-state index in [9.17, 15) is 9.18 Å². The van der Waals surface area contributed by atoms with Crippen LogP contribution in [0.25, 0.3) is 11.3 Å². The Balaban J connectivity index is 1.27. The second-order valence-electron chi connectivity index (χ2n) is 8.69. The Morgan fingerprint density at radius 1 is 0.909 bits per heavy atom. The Hall–Kier alpha value is -3.49. The lowest BCUT2D eigenvalue weighted by atomic mass is 10.1. The Bertz CT molecular complexity index is 1150. The lowest BCUT2D eigenvalue weighted by Gasteiger charge is -2.35. The van der Waals surface area contributed by atoms with E-state index in [4.69, 9.17) is 4.98 Å². The number of hydrogen-bond donors (Lipinski definition) is 0. The van der Waals surface area contributed by atoms with Gasteiger partial charge in [-0.3, -0.25) is 9.48 Å². The largest absolute Gasteiger partial charge is 0.353 e. The van der Waals surface area contributed by atoms with E-state index in [0.717, 1.165) is 36.1 Å². The van der Waals surface area contributed by atoms with E-state index in [1.807, 2.05) is 17.9 Å². The summed E-state index contributed by atoms with van der Waals surface area (Å²) in [6.45, 7) is 6.67. The smallest absolute Gasteiger partial charge is 0.272 e. The van der Waals surface area contributed by atoms with Gasteiger partial charge >= 0.3 is 0 Å². The average molecular weight is 450 g/mol. The van der Waals surface area contributed by atoms with Gasteiger partial charge < -0.3 is 14.7 Å². The number of carbonyl (C=O) groups is 1. The molecule has 0 spiro atoms. The fourth-order valence-electron chi connectivity index (χ4n) is 4.49. The molecule has 0 bridgehead atoms. The van der Waals surface area contributed by atoms with Crippen molar-refractivity contribution in [3.8, 4) is 11.3 Å². The van der Waals surface area contributed by atoms with E-state index in [-0.39, 0.29) is 11.7 Å². The fraction of sp³-hybridized carbons (Fsp3) is 0.417. The third-order valence-electron chi connectivity index (χ3n) is 6.35. The van der Waals surface area contributed by atoms with Crippen LogP contribution in [-0.2, 0) is 7.05 Å². The first-order chi connectivity index (χ1) is 16.0. The molecule has 0 N–H and O–H groups in total. The van der Waals surface area contributed by atoms with Crippen LogP contribution in [0.2, 0.25) is 0 Å². The maximum atomic E-state index is 13.2. The van der Waals surface area contributed by atoms with Gasteiger partial charge in [-0.15, -0.1) is 0 Å². The molecule has 2 saturated heterocycles. The van der Waals surface area contributed by atoms with Crippen LogP contribution in [0.5, 0.6) is 0 Å². The molecule has 2 aliphatic heterocycles. The maximum absolute atomic E-state index is 13.2. The second kappa shape index (κ2) is 8.80. The van der Waals surface area contributed by atoms with Gasteiger partial charge in [0.15, 0.2) is 0 Å². The van der Waals surface area contributed by atoms with E-state index in [2.05, 4.69) is 19.9 Å². The molecule has 2 fully saturated rings. The molecule has 5 rings (SSSR count). The predicted octanol–water partition coefficient (Wildman–Crippen LogP) is 2.89. The van der Waals surface area contributed by atoms with Crippen molar-refractivity contribution in [1.82, 2.24) is 24.6 Å². The molecule has 9 heteroatoms. The molecule has 0 atom stereocenters. The molecule has 0 unspecified atom stereocenters. The van der Waals surface area contributed by atoms with Crippen LogP contribution < -0.4 is 9.80 Å². The van der Waals surface area contributed by atoms with Crippen molar-refractivity contribution in [2.45, 2.75) is 19.8 Å². The third-order valence-corrected chi connectivity index (χ3v) is 6.35. The van der Waals surface area contributed by atoms with Crippen LogP contribution in [0.4, 0.5) is 16.2 Å². The standard InChI is InChI=1S/C24H28FN7O/c1-17-15-22(27-24(26-17)32-9-3-4-10-32)30-11-13-31(14-12-30)23(33)21-16-20(28-29(21)2)18-5-7-19(25)8-6-18/h5-8,15-16H,3-4,9-14H2,1-2H3. The number of amides is 1. The zero-order chi connectivity index (χ0) is 22.9. The van der Waals surface area contributed by atoms with E-state index < -0.39 is 0 Å². The van der Waals surface area contributed by atoms with Crippen LogP contribution in [-0.4, -0.2) is 69.8 Å². The van der Waals surface area contributed by atoms with Gasteiger partial charge in [0.05, 0.1) is 5.69 Å². The summed E-state index contributed by atoms with van der Waals surface area (Å²) in [5, 5.41) is 4.46. The van der Waals surface area contributed by atoms with Crippen LogP contribution in [0, 0.1) is 12.7 Å². The minimum absolute atomic E-state index is 0.0466. The van der Waals surface area contributed by atoms with Crippen molar-refractivity contribution in [3.63, 3.8) is 0 Å². The summed E-state index contributed by atoms with van der Waals surface area (Å²) in [6.07, 6.45) is 2.37. The molecule has 172 valence electrons. The summed E-state index contributed by atoms with van der Waals surface area (Å²) in [5.41, 5.74) is 2.93. The van der Waals surface area contributed by atoms with Crippen LogP contribution in [0.3, 0.4) is 0 Å². The highest BCUT2D eigenvalue weighted by Crippen LogP contribution is 2.23. The van der Waals surface area contributed by atoms with Crippen LogP contribution in [0.15, 0.2) is 36.4 Å². The second-order valence-corrected chi connectivity index (χ2v) is 8.69. The lowest BCUT2D eigenvalue weighted by Crippen LogP contribution is -2.49. The van der Waals surface area contributed by atoms with E-state index in [0.29, 0.717) is 37.6 Å². The summed E-state index contributed by atoms with van der Waals surface area (Å²) in [7, 11) is 1.76. The number of benzene rings is 1. The molecule has 3 aromatic rings. The van der Waals surface area contributed by atoms with Gasteiger partial charge in [-0.25, -0.2) is 9.37 Å². The first-order valence-electron chi connectivity index (χ1n) is 11.4. The normalized spacial score (nSPS) is 16.5. The van der Waals surface area contributed by atoms with Crippen molar-refractivity contribution in [2.24, 2.45) is 7.05 Å². The van der Waals surface area contributed by atoms with Crippen LogP contribution in [0.1, 0.15) is 29.0 Å². The van der Waals surface area contributed by atoms with Crippen molar-refractivity contribution < 1.29 is 9.18 Å². The highest BCUT2D eigenvalue weighted by molar-refractivity contribution is 5.94. The first kappa shape index (κ1) is 21.4. The van der Waals surface area contributed by atoms with Gasteiger partial charge in [0.25, 0.3) is 5.91 Å². The SMILES string of the molecule is Cc1cc(N2CCN(C(=O)c3cc(-c4ccc(F)cc4)nn3C)CC2)nc(N2CCCC2)n1. The summed E-state index contributed by atoms with van der Waals surface area (Å²) in [5.74, 6) is 1.39. The molecule has 0 saturated carbocycles. The molecule has 1 amide bonds. The van der Waals surface area contributed by atoms with Crippen molar-refractivity contribution in [1.29, 1.82) is 0 Å². The Morgan fingerprint density at radius 3 is 2.30 bits per heavy atom. The number of aryl methyl sites for hydroxylation is 2. The van der Waals surface area contributed by atoms with Crippen molar-refractivity contribution in [2.75, 3.05) is 49.1 Å². The number of rotatable bonds is 4. The number of halogens is 1. The Kier molecular flexibility index (Phi) is 5.70.